The van der Waals surface area contributed by atoms with Crippen LogP contribution in [0.3, 0.4) is 0 Å². The van der Waals surface area contributed by atoms with Gasteiger partial charge in [-0.15, -0.1) is 0 Å². The fourth-order valence-corrected chi connectivity index (χ4v) is 3.59. The van der Waals surface area contributed by atoms with Crippen LogP contribution in [0.2, 0.25) is 0 Å². The minimum absolute atomic E-state index is 0.0697. The van der Waals surface area contributed by atoms with Crippen molar-refractivity contribution in [2.75, 3.05) is 25.5 Å². The van der Waals surface area contributed by atoms with Crippen LogP contribution < -0.4 is 10.1 Å². The Balaban J connectivity index is 1.39. The van der Waals surface area contributed by atoms with E-state index < -0.39 is 0 Å². The second-order valence-corrected chi connectivity index (χ2v) is 7.24. The number of rotatable bonds is 7. The lowest BCUT2D eigenvalue weighted by Crippen LogP contribution is -2.34. The number of likely N-dealkylation sites (tertiary alicyclic amines) is 1. The minimum atomic E-state index is 0.0697. The summed E-state index contributed by atoms with van der Waals surface area (Å²) in [6.45, 7) is 4.87. The first-order valence-corrected chi connectivity index (χ1v) is 9.56. The van der Waals surface area contributed by atoms with Gasteiger partial charge in [-0.2, -0.15) is 5.10 Å². The number of anilines is 1. The Kier molecular flexibility index (Phi) is 6.45. The summed E-state index contributed by atoms with van der Waals surface area (Å²) in [5, 5.41) is 7.27. The van der Waals surface area contributed by atoms with Crippen LogP contribution in [0.4, 0.5) is 5.69 Å². The highest BCUT2D eigenvalue weighted by Gasteiger charge is 2.21. The zero-order valence-electron chi connectivity index (χ0n) is 16.4. The predicted octanol–water partition coefficient (Wildman–Crippen LogP) is 2.76. The number of nitrogens with zero attached hydrogens (tertiary/aromatic N) is 4. The van der Waals surface area contributed by atoms with Crippen LogP contribution in [0.15, 0.2) is 24.3 Å². The highest BCUT2D eigenvalue weighted by molar-refractivity contribution is 5.90. The van der Waals surface area contributed by atoms with Gasteiger partial charge in [0.15, 0.2) is 0 Å². The first-order valence-electron chi connectivity index (χ1n) is 9.56. The van der Waals surface area contributed by atoms with Gasteiger partial charge >= 0.3 is 0 Å². The molecule has 27 heavy (non-hydrogen) atoms. The van der Waals surface area contributed by atoms with E-state index in [0.29, 0.717) is 12.3 Å². The third-order valence-electron chi connectivity index (χ3n) is 5.16. The highest BCUT2D eigenvalue weighted by Crippen LogP contribution is 2.23. The van der Waals surface area contributed by atoms with E-state index in [1.165, 1.54) is 0 Å². The quantitative estimate of drug-likeness (QED) is 0.810. The van der Waals surface area contributed by atoms with Crippen molar-refractivity contribution in [2.45, 2.75) is 39.2 Å². The van der Waals surface area contributed by atoms with E-state index in [0.717, 1.165) is 62.0 Å². The molecule has 0 atom stereocenters. The number of carbonyl (C=O) groups is 1. The molecule has 0 saturated carbocycles. The molecule has 1 amide bonds. The molecule has 0 aliphatic carbocycles. The van der Waals surface area contributed by atoms with Gasteiger partial charge < -0.3 is 10.1 Å². The Hall–Kier alpha value is -2.41. The molecule has 146 valence electrons. The van der Waals surface area contributed by atoms with Gasteiger partial charge in [-0.25, -0.2) is 4.98 Å². The van der Waals surface area contributed by atoms with E-state index in [1.54, 1.807) is 7.11 Å². The van der Waals surface area contributed by atoms with E-state index in [9.17, 15) is 4.79 Å². The third-order valence-corrected chi connectivity index (χ3v) is 5.16. The monoisotopic (exact) mass is 371 g/mol. The molecule has 7 heteroatoms. The van der Waals surface area contributed by atoms with E-state index in [1.807, 2.05) is 42.9 Å². The van der Waals surface area contributed by atoms with Crippen molar-refractivity contribution in [3.8, 4) is 5.75 Å². The largest absolute Gasteiger partial charge is 0.497 e. The first-order chi connectivity index (χ1) is 13.0. The van der Waals surface area contributed by atoms with Gasteiger partial charge in [0.05, 0.1) is 13.7 Å². The number of benzene rings is 1. The predicted molar refractivity (Wildman–Crippen MR) is 105 cm³/mol. The Morgan fingerprint density at radius 3 is 2.78 bits per heavy atom. The average Bonchev–Trinajstić information content (AvgIpc) is 2.98. The summed E-state index contributed by atoms with van der Waals surface area (Å²) in [6, 6.07) is 7.46. The lowest BCUT2D eigenvalue weighted by Gasteiger charge is -2.31. The van der Waals surface area contributed by atoms with Crippen LogP contribution >= 0.6 is 0 Å². The molecular formula is C20H29N5O2. The van der Waals surface area contributed by atoms with Gasteiger partial charge in [0, 0.05) is 25.2 Å². The third kappa shape index (κ3) is 5.53. The second kappa shape index (κ2) is 8.99. The van der Waals surface area contributed by atoms with Crippen molar-refractivity contribution in [3.63, 3.8) is 0 Å². The molecule has 7 nitrogen and oxygen atoms in total. The van der Waals surface area contributed by atoms with E-state index in [4.69, 9.17) is 4.74 Å². The van der Waals surface area contributed by atoms with Crippen molar-refractivity contribution in [2.24, 2.45) is 13.0 Å². The molecule has 1 N–H and O–H groups in total. The number of piperidine rings is 1. The Morgan fingerprint density at radius 1 is 1.33 bits per heavy atom. The van der Waals surface area contributed by atoms with Crippen LogP contribution in [-0.2, 0) is 18.4 Å². The molecule has 0 radical (unpaired) electrons. The zero-order chi connectivity index (χ0) is 19.2. The van der Waals surface area contributed by atoms with Gasteiger partial charge in [0.2, 0.25) is 5.91 Å². The highest BCUT2D eigenvalue weighted by atomic mass is 16.5. The molecule has 1 aliphatic heterocycles. The van der Waals surface area contributed by atoms with Crippen molar-refractivity contribution < 1.29 is 9.53 Å². The summed E-state index contributed by atoms with van der Waals surface area (Å²) in [5.41, 5.74) is 0.785. The van der Waals surface area contributed by atoms with Crippen LogP contribution in [0.1, 0.15) is 37.3 Å². The molecule has 1 fully saturated rings. The van der Waals surface area contributed by atoms with Crippen molar-refractivity contribution >= 4 is 11.6 Å². The summed E-state index contributed by atoms with van der Waals surface area (Å²) in [4.78, 5) is 19.1. The lowest BCUT2D eigenvalue weighted by atomic mass is 9.92. The molecule has 3 rings (SSSR count). The summed E-state index contributed by atoms with van der Waals surface area (Å²) in [6.07, 6.45) is 3.75. The first kappa shape index (κ1) is 19.4. The van der Waals surface area contributed by atoms with E-state index >= 15 is 0 Å². The number of nitrogens with one attached hydrogen (secondary N) is 1. The Morgan fingerprint density at radius 2 is 2.11 bits per heavy atom. The fourth-order valence-electron chi connectivity index (χ4n) is 3.59. The van der Waals surface area contributed by atoms with E-state index in [2.05, 4.69) is 20.3 Å². The summed E-state index contributed by atoms with van der Waals surface area (Å²) < 4.78 is 7.05. The SMILES string of the molecule is COc1cccc(NC(=O)CCC2CCN(Cc3nc(C)nn3C)CC2)c1. The lowest BCUT2D eigenvalue weighted by molar-refractivity contribution is -0.116. The van der Waals surface area contributed by atoms with Gasteiger partial charge in [0.1, 0.15) is 17.4 Å². The fraction of sp³-hybridized carbons (Fsp3) is 0.550. The van der Waals surface area contributed by atoms with Crippen molar-refractivity contribution in [1.29, 1.82) is 0 Å². The molecule has 1 saturated heterocycles. The zero-order valence-corrected chi connectivity index (χ0v) is 16.4. The Bertz CT molecular complexity index is 765. The molecule has 0 unspecified atom stereocenters. The standard InChI is InChI=1S/C20H29N5O2/c1-15-21-19(24(2)23-15)14-25-11-9-16(10-12-25)7-8-20(26)22-17-5-4-6-18(13-17)27-3/h4-6,13,16H,7-12,14H2,1-3H3,(H,22,26). The number of aromatic nitrogens is 3. The molecule has 1 aliphatic rings. The number of methoxy groups -OCH3 is 1. The summed E-state index contributed by atoms with van der Waals surface area (Å²) in [7, 11) is 3.57. The maximum absolute atomic E-state index is 12.2. The molecule has 0 spiro atoms. The number of ether oxygens (including phenoxy) is 1. The molecule has 2 heterocycles. The Labute approximate surface area is 160 Å². The molecule has 1 aromatic carbocycles. The summed E-state index contributed by atoms with van der Waals surface area (Å²) in [5.74, 6) is 3.27. The number of carbonyl (C=O) groups excluding carboxylic acids is 1. The second-order valence-electron chi connectivity index (χ2n) is 7.24. The number of aryl methyl sites for hydroxylation is 2. The van der Waals surface area contributed by atoms with Crippen LogP contribution in [0.25, 0.3) is 0 Å². The van der Waals surface area contributed by atoms with Gasteiger partial charge in [-0.05, 0) is 57.3 Å². The topological polar surface area (TPSA) is 72.3 Å². The number of amides is 1. The van der Waals surface area contributed by atoms with Crippen LogP contribution in [0, 0.1) is 12.8 Å². The van der Waals surface area contributed by atoms with Crippen molar-refractivity contribution in [3.05, 3.63) is 35.9 Å². The van der Waals surface area contributed by atoms with Gasteiger partial charge in [0.25, 0.3) is 0 Å². The van der Waals surface area contributed by atoms with Gasteiger partial charge in [-0.3, -0.25) is 14.4 Å². The van der Waals surface area contributed by atoms with Gasteiger partial charge in [-0.1, -0.05) is 6.07 Å². The van der Waals surface area contributed by atoms with Crippen LogP contribution in [0.5, 0.6) is 5.75 Å². The molecular weight excluding hydrogens is 342 g/mol. The minimum Gasteiger partial charge on any atom is -0.497 e. The number of hydrogen-bond acceptors (Lipinski definition) is 5. The molecule has 1 aromatic heterocycles. The molecule has 0 bridgehead atoms. The normalized spacial score (nSPS) is 15.7. The van der Waals surface area contributed by atoms with Crippen molar-refractivity contribution in [1.82, 2.24) is 19.7 Å². The smallest absolute Gasteiger partial charge is 0.224 e. The van der Waals surface area contributed by atoms with E-state index in [-0.39, 0.29) is 5.91 Å². The summed E-state index contributed by atoms with van der Waals surface area (Å²) >= 11 is 0. The average molecular weight is 371 g/mol. The number of hydrogen-bond donors (Lipinski definition) is 1. The van der Waals surface area contributed by atoms with Crippen LogP contribution in [-0.4, -0.2) is 45.8 Å². The maximum atomic E-state index is 12.2. The molecule has 2 aromatic rings. The maximum Gasteiger partial charge on any atom is 0.224 e.